The van der Waals surface area contributed by atoms with Crippen molar-refractivity contribution in [1.82, 2.24) is 4.98 Å². The quantitative estimate of drug-likeness (QED) is 0.766. The first-order valence-electron chi connectivity index (χ1n) is 6.60. The van der Waals surface area contributed by atoms with Crippen LogP contribution in [0.15, 0.2) is 42.6 Å². The van der Waals surface area contributed by atoms with Crippen LogP contribution in [-0.2, 0) is 0 Å². The average Bonchev–Trinajstić information content (AvgIpc) is 2.53. The molecular weight excluding hydrogens is 271 g/mol. The maximum Gasteiger partial charge on any atom is 0.182 e. The van der Waals surface area contributed by atoms with Gasteiger partial charge in [0.1, 0.15) is 17.3 Å². The minimum absolute atomic E-state index is 0.107. The first-order valence-corrected chi connectivity index (χ1v) is 6.60. The molecule has 0 fully saturated rings. The summed E-state index contributed by atoms with van der Waals surface area (Å²) in [6, 6.07) is 10.3. The van der Waals surface area contributed by atoms with Crippen molar-refractivity contribution in [3.8, 4) is 5.75 Å². The highest BCUT2D eigenvalue weighted by atomic mass is 19.1. The van der Waals surface area contributed by atoms with Gasteiger partial charge in [-0.05, 0) is 24.3 Å². The van der Waals surface area contributed by atoms with Crippen molar-refractivity contribution in [1.29, 1.82) is 0 Å². The van der Waals surface area contributed by atoms with Crippen LogP contribution in [0.5, 0.6) is 5.75 Å². The summed E-state index contributed by atoms with van der Waals surface area (Å²) in [5.41, 5.74) is 1.25. The fourth-order valence-corrected chi connectivity index (χ4v) is 1.92. The van der Waals surface area contributed by atoms with E-state index >= 15 is 0 Å². The molecule has 0 spiro atoms. The monoisotopic (exact) mass is 288 g/mol. The molecule has 0 saturated heterocycles. The minimum Gasteiger partial charge on any atom is -0.497 e. The van der Waals surface area contributed by atoms with Crippen LogP contribution in [0.1, 0.15) is 16.9 Å². The molecule has 4 nitrogen and oxygen atoms in total. The molecule has 0 aliphatic rings. The van der Waals surface area contributed by atoms with E-state index in [1.54, 1.807) is 7.11 Å². The predicted molar refractivity (Wildman–Crippen MR) is 79.4 cm³/mol. The number of pyridine rings is 1. The third-order valence-electron chi connectivity index (χ3n) is 3.18. The van der Waals surface area contributed by atoms with Crippen molar-refractivity contribution in [2.45, 2.75) is 6.42 Å². The molecule has 0 atom stereocenters. The van der Waals surface area contributed by atoms with Gasteiger partial charge in [0.25, 0.3) is 0 Å². The van der Waals surface area contributed by atoms with E-state index in [0.29, 0.717) is 13.0 Å². The lowest BCUT2D eigenvalue weighted by Crippen LogP contribution is -2.21. The van der Waals surface area contributed by atoms with E-state index in [1.807, 2.05) is 36.2 Å². The summed E-state index contributed by atoms with van der Waals surface area (Å²) in [6.07, 6.45) is 1.37. The van der Waals surface area contributed by atoms with Gasteiger partial charge in [0.05, 0.1) is 13.3 Å². The summed E-state index contributed by atoms with van der Waals surface area (Å²) < 4.78 is 17.9. The average molecular weight is 288 g/mol. The molecule has 2 aromatic rings. The first-order chi connectivity index (χ1) is 10.1. The molecular formula is C16H17FN2O2. The van der Waals surface area contributed by atoms with Gasteiger partial charge >= 0.3 is 0 Å². The maximum absolute atomic E-state index is 12.8. The van der Waals surface area contributed by atoms with E-state index in [1.165, 1.54) is 12.1 Å². The van der Waals surface area contributed by atoms with Crippen LogP contribution in [0, 0.1) is 5.82 Å². The van der Waals surface area contributed by atoms with Gasteiger partial charge in [0.2, 0.25) is 0 Å². The van der Waals surface area contributed by atoms with Crippen LogP contribution in [0.4, 0.5) is 10.1 Å². The summed E-state index contributed by atoms with van der Waals surface area (Å²) in [5.74, 6) is 0.218. The Bertz CT molecular complexity index is 614. The molecule has 1 heterocycles. The van der Waals surface area contributed by atoms with Gasteiger partial charge in [0.15, 0.2) is 5.78 Å². The highest BCUT2D eigenvalue weighted by Crippen LogP contribution is 2.20. The van der Waals surface area contributed by atoms with Crippen molar-refractivity contribution >= 4 is 11.5 Å². The zero-order valence-electron chi connectivity index (χ0n) is 12.0. The second kappa shape index (κ2) is 6.83. The van der Waals surface area contributed by atoms with Crippen molar-refractivity contribution < 1.29 is 13.9 Å². The van der Waals surface area contributed by atoms with Crippen LogP contribution >= 0.6 is 0 Å². The zero-order chi connectivity index (χ0) is 15.2. The second-order valence-electron chi connectivity index (χ2n) is 4.66. The van der Waals surface area contributed by atoms with Crippen LogP contribution < -0.4 is 9.64 Å². The minimum atomic E-state index is -0.444. The number of hydrogen-bond acceptors (Lipinski definition) is 4. The van der Waals surface area contributed by atoms with Crippen molar-refractivity contribution in [3.05, 3.63) is 54.1 Å². The van der Waals surface area contributed by atoms with Gasteiger partial charge in [-0.15, -0.1) is 0 Å². The number of hydrogen-bond donors (Lipinski definition) is 0. The number of ether oxygens (including phenoxy) is 1. The Hall–Kier alpha value is -2.43. The number of benzene rings is 1. The summed E-state index contributed by atoms with van der Waals surface area (Å²) in [6.45, 7) is 0.547. The van der Waals surface area contributed by atoms with Crippen LogP contribution in [-0.4, -0.2) is 31.5 Å². The molecule has 21 heavy (non-hydrogen) atoms. The number of aromatic nitrogens is 1. The topological polar surface area (TPSA) is 42.4 Å². The van der Waals surface area contributed by atoms with Crippen LogP contribution in [0.3, 0.4) is 0 Å². The SMILES string of the molecule is COc1cccc(N(C)CCC(=O)c2ccc(F)cn2)c1. The predicted octanol–water partition coefficient (Wildman–Crippen LogP) is 2.94. The molecule has 2 rings (SSSR count). The highest BCUT2D eigenvalue weighted by molar-refractivity contribution is 5.94. The second-order valence-corrected chi connectivity index (χ2v) is 4.66. The Morgan fingerprint density at radius 3 is 2.81 bits per heavy atom. The number of ketones is 1. The fraction of sp³-hybridized carbons (Fsp3) is 0.250. The number of rotatable bonds is 6. The van der Waals surface area contributed by atoms with E-state index in [9.17, 15) is 9.18 Å². The standard InChI is InChI=1S/C16H17FN2O2/c1-19(13-4-3-5-14(10-13)21-2)9-8-16(20)15-7-6-12(17)11-18-15/h3-7,10-11H,8-9H2,1-2H3. The molecule has 0 unspecified atom stereocenters. The van der Waals surface area contributed by atoms with Crippen LogP contribution in [0.2, 0.25) is 0 Å². The van der Waals surface area contributed by atoms with E-state index in [0.717, 1.165) is 17.6 Å². The third-order valence-corrected chi connectivity index (χ3v) is 3.18. The lowest BCUT2D eigenvalue weighted by atomic mass is 10.2. The van der Waals surface area contributed by atoms with Gasteiger partial charge in [-0.25, -0.2) is 4.39 Å². The summed E-state index contributed by atoms with van der Waals surface area (Å²) >= 11 is 0. The van der Waals surface area contributed by atoms with E-state index in [2.05, 4.69) is 4.98 Å². The van der Waals surface area contributed by atoms with Gasteiger partial charge in [-0.2, -0.15) is 0 Å². The molecule has 0 N–H and O–H groups in total. The highest BCUT2D eigenvalue weighted by Gasteiger charge is 2.10. The molecule has 0 radical (unpaired) electrons. The molecule has 0 bridgehead atoms. The van der Waals surface area contributed by atoms with E-state index in [-0.39, 0.29) is 11.5 Å². The van der Waals surface area contributed by atoms with E-state index in [4.69, 9.17) is 4.74 Å². The normalized spacial score (nSPS) is 10.2. The van der Waals surface area contributed by atoms with Crippen molar-refractivity contribution in [2.24, 2.45) is 0 Å². The molecule has 5 heteroatoms. The first kappa shape index (κ1) is 15.0. The van der Waals surface area contributed by atoms with Gasteiger partial charge in [-0.3, -0.25) is 9.78 Å². The van der Waals surface area contributed by atoms with Crippen LogP contribution in [0.25, 0.3) is 0 Å². The fourth-order valence-electron chi connectivity index (χ4n) is 1.92. The molecule has 110 valence electrons. The van der Waals surface area contributed by atoms with E-state index < -0.39 is 5.82 Å². The molecule has 0 aliphatic heterocycles. The lowest BCUT2D eigenvalue weighted by Gasteiger charge is -2.19. The number of methoxy groups -OCH3 is 1. The summed E-state index contributed by atoms with van der Waals surface area (Å²) in [7, 11) is 3.52. The smallest absolute Gasteiger partial charge is 0.182 e. The Balaban J connectivity index is 1.95. The number of carbonyl (C=O) groups excluding carboxylic acids is 1. The Morgan fingerprint density at radius 1 is 1.33 bits per heavy atom. The summed E-state index contributed by atoms with van der Waals surface area (Å²) in [5, 5.41) is 0. The number of halogens is 1. The molecule has 0 aliphatic carbocycles. The Labute approximate surface area is 123 Å². The molecule has 0 saturated carbocycles. The summed E-state index contributed by atoms with van der Waals surface area (Å²) in [4.78, 5) is 17.7. The molecule has 1 aromatic heterocycles. The van der Waals surface area contributed by atoms with Crippen molar-refractivity contribution in [3.63, 3.8) is 0 Å². The lowest BCUT2D eigenvalue weighted by molar-refractivity contribution is 0.0980. The number of nitrogens with zero attached hydrogens (tertiary/aromatic N) is 2. The van der Waals surface area contributed by atoms with Gasteiger partial charge in [-0.1, -0.05) is 6.07 Å². The largest absolute Gasteiger partial charge is 0.497 e. The third kappa shape index (κ3) is 4.02. The molecule has 1 aromatic carbocycles. The number of anilines is 1. The number of carbonyl (C=O) groups is 1. The van der Waals surface area contributed by atoms with Gasteiger partial charge in [0, 0.05) is 31.8 Å². The van der Waals surface area contributed by atoms with Crippen molar-refractivity contribution in [2.75, 3.05) is 25.6 Å². The zero-order valence-corrected chi connectivity index (χ0v) is 12.0. The number of Topliss-reactive ketones (excluding diaryl/α,β-unsaturated/α-hetero) is 1. The maximum atomic E-state index is 12.8. The molecule has 0 amide bonds. The van der Waals surface area contributed by atoms with Gasteiger partial charge < -0.3 is 9.64 Å². The Kier molecular flexibility index (Phi) is 4.87. The Morgan fingerprint density at radius 2 is 2.14 bits per heavy atom.